The van der Waals surface area contributed by atoms with Gasteiger partial charge in [0.15, 0.2) is 0 Å². The van der Waals surface area contributed by atoms with Gasteiger partial charge in [-0.2, -0.15) is 0 Å². The maximum atomic E-state index is 11.6. The highest BCUT2D eigenvalue weighted by Crippen LogP contribution is 2.33. The van der Waals surface area contributed by atoms with Crippen molar-refractivity contribution in [1.29, 1.82) is 0 Å². The summed E-state index contributed by atoms with van der Waals surface area (Å²) in [6.45, 7) is 4.28. The first-order valence-electron chi connectivity index (χ1n) is 7.69. The van der Waals surface area contributed by atoms with Gasteiger partial charge in [-0.1, -0.05) is 60.2 Å². The summed E-state index contributed by atoms with van der Waals surface area (Å²) in [6, 6.07) is 18.5. The monoisotopic (exact) mass is 331 g/mol. The van der Waals surface area contributed by atoms with E-state index in [4.69, 9.17) is 0 Å². The average Bonchev–Trinajstić information content (AvgIpc) is 2.93. The number of carbonyl (C=O) groups is 1. The molecule has 0 radical (unpaired) electrons. The van der Waals surface area contributed by atoms with Crippen LogP contribution >= 0.6 is 12.4 Å². The van der Waals surface area contributed by atoms with Crippen molar-refractivity contribution >= 4 is 18.4 Å². The number of aliphatic carboxylic acids is 1. The molecule has 2 atom stereocenters. The molecule has 1 aliphatic rings. The van der Waals surface area contributed by atoms with E-state index in [2.05, 4.69) is 48.2 Å². The Labute approximate surface area is 143 Å². The topological polar surface area (TPSA) is 40.5 Å². The largest absolute Gasteiger partial charge is 0.481 e. The van der Waals surface area contributed by atoms with Crippen molar-refractivity contribution in [1.82, 2.24) is 4.90 Å². The van der Waals surface area contributed by atoms with E-state index in [-0.39, 0.29) is 24.2 Å². The van der Waals surface area contributed by atoms with Gasteiger partial charge in [-0.05, 0) is 18.1 Å². The van der Waals surface area contributed by atoms with Gasteiger partial charge in [-0.25, -0.2) is 0 Å². The minimum absolute atomic E-state index is 0. The summed E-state index contributed by atoms with van der Waals surface area (Å²) in [4.78, 5) is 13.9. The van der Waals surface area contributed by atoms with Gasteiger partial charge in [0.2, 0.25) is 0 Å². The zero-order chi connectivity index (χ0) is 15.5. The fourth-order valence-corrected chi connectivity index (χ4v) is 3.26. The number of hydrogen-bond donors (Lipinski definition) is 1. The standard InChI is InChI=1S/C19H21NO2.ClH/c1-14-7-9-16(10-8-14)17-12-20(13-18(17)19(21)22)11-15-5-3-2-4-6-15;/h2-10,17-18H,11-13H2,1H3,(H,21,22);1H/t17-,18+;/m1./s1. The van der Waals surface area contributed by atoms with Crippen LogP contribution in [0.5, 0.6) is 0 Å². The third-order valence-electron chi connectivity index (χ3n) is 4.47. The number of carboxylic acids is 1. The molecule has 4 heteroatoms. The lowest BCUT2D eigenvalue weighted by atomic mass is 9.89. The second-order valence-electron chi connectivity index (χ2n) is 6.14. The number of likely N-dealkylation sites (tertiary alicyclic amines) is 1. The number of benzene rings is 2. The SMILES string of the molecule is Cc1ccc([C@H]2CN(Cc3ccccc3)C[C@@H]2C(=O)O)cc1.Cl. The van der Waals surface area contributed by atoms with E-state index in [0.29, 0.717) is 6.54 Å². The van der Waals surface area contributed by atoms with Crippen molar-refractivity contribution < 1.29 is 9.90 Å². The van der Waals surface area contributed by atoms with Crippen LogP contribution in [-0.2, 0) is 11.3 Å². The molecule has 3 nitrogen and oxygen atoms in total. The molecule has 0 saturated carbocycles. The summed E-state index contributed by atoms with van der Waals surface area (Å²) in [5.41, 5.74) is 3.57. The Kier molecular flexibility index (Phi) is 5.80. The summed E-state index contributed by atoms with van der Waals surface area (Å²) in [5, 5.41) is 9.56. The average molecular weight is 332 g/mol. The highest BCUT2D eigenvalue weighted by molar-refractivity contribution is 5.85. The van der Waals surface area contributed by atoms with E-state index >= 15 is 0 Å². The molecule has 1 aliphatic heterocycles. The summed E-state index contributed by atoms with van der Waals surface area (Å²) >= 11 is 0. The molecule has 1 heterocycles. The zero-order valence-corrected chi connectivity index (χ0v) is 14.0. The molecule has 0 aliphatic carbocycles. The Morgan fingerprint density at radius 1 is 1.09 bits per heavy atom. The van der Waals surface area contributed by atoms with Crippen molar-refractivity contribution in [2.45, 2.75) is 19.4 Å². The summed E-state index contributed by atoms with van der Waals surface area (Å²) in [7, 11) is 0. The van der Waals surface area contributed by atoms with Crippen LogP contribution in [0.4, 0.5) is 0 Å². The number of aryl methyl sites for hydroxylation is 1. The predicted octanol–water partition coefficient (Wildman–Crippen LogP) is 3.72. The van der Waals surface area contributed by atoms with Crippen LogP contribution in [0.1, 0.15) is 22.6 Å². The molecule has 1 saturated heterocycles. The normalized spacial score (nSPS) is 20.9. The van der Waals surface area contributed by atoms with Crippen LogP contribution < -0.4 is 0 Å². The smallest absolute Gasteiger partial charge is 0.308 e. The van der Waals surface area contributed by atoms with Gasteiger partial charge in [0, 0.05) is 25.6 Å². The Bertz CT molecular complexity index is 642. The van der Waals surface area contributed by atoms with Crippen molar-refractivity contribution in [2.24, 2.45) is 5.92 Å². The molecule has 0 aromatic heterocycles. The third kappa shape index (κ3) is 4.12. The Hall–Kier alpha value is -1.84. The second-order valence-corrected chi connectivity index (χ2v) is 6.14. The minimum atomic E-state index is -0.693. The lowest BCUT2D eigenvalue weighted by Crippen LogP contribution is -2.23. The first-order valence-corrected chi connectivity index (χ1v) is 7.69. The lowest BCUT2D eigenvalue weighted by molar-refractivity contribution is -0.141. The van der Waals surface area contributed by atoms with E-state index in [9.17, 15) is 9.90 Å². The molecule has 23 heavy (non-hydrogen) atoms. The van der Waals surface area contributed by atoms with Crippen LogP contribution in [-0.4, -0.2) is 29.1 Å². The van der Waals surface area contributed by atoms with Gasteiger partial charge in [-0.3, -0.25) is 9.69 Å². The molecule has 2 aromatic carbocycles. The van der Waals surface area contributed by atoms with Crippen molar-refractivity contribution in [2.75, 3.05) is 13.1 Å². The first kappa shape index (κ1) is 17.5. The quantitative estimate of drug-likeness (QED) is 0.928. The molecule has 122 valence electrons. The van der Waals surface area contributed by atoms with Crippen LogP contribution in [0.15, 0.2) is 54.6 Å². The molecule has 3 rings (SSSR count). The number of hydrogen-bond acceptors (Lipinski definition) is 2. The second kappa shape index (κ2) is 7.62. The molecule has 0 bridgehead atoms. The van der Waals surface area contributed by atoms with Crippen molar-refractivity contribution in [3.05, 3.63) is 71.3 Å². The van der Waals surface area contributed by atoms with E-state index in [1.54, 1.807) is 0 Å². The van der Waals surface area contributed by atoms with Gasteiger partial charge >= 0.3 is 5.97 Å². The maximum Gasteiger partial charge on any atom is 0.308 e. The van der Waals surface area contributed by atoms with Gasteiger partial charge in [0.1, 0.15) is 0 Å². The van der Waals surface area contributed by atoms with E-state index in [0.717, 1.165) is 18.7 Å². The van der Waals surface area contributed by atoms with Gasteiger partial charge < -0.3 is 5.11 Å². The van der Waals surface area contributed by atoms with Crippen LogP contribution in [0, 0.1) is 12.8 Å². The highest BCUT2D eigenvalue weighted by atomic mass is 35.5. The molecular weight excluding hydrogens is 310 g/mol. The molecule has 1 N–H and O–H groups in total. The fourth-order valence-electron chi connectivity index (χ4n) is 3.26. The number of carboxylic acid groups (broad SMARTS) is 1. The number of nitrogens with zero attached hydrogens (tertiary/aromatic N) is 1. The highest BCUT2D eigenvalue weighted by Gasteiger charge is 2.38. The molecule has 0 spiro atoms. The number of halogens is 1. The minimum Gasteiger partial charge on any atom is -0.481 e. The Morgan fingerprint density at radius 2 is 1.74 bits per heavy atom. The molecule has 0 unspecified atom stereocenters. The molecule has 0 amide bonds. The fraction of sp³-hybridized carbons (Fsp3) is 0.316. The third-order valence-corrected chi connectivity index (χ3v) is 4.47. The zero-order valence-electron chi connectivity index (χ0n) is 13.2. The summed E-state index contributed by atoms with van der Waals surface area (Å²) < 4.78 is 0. The lowest BCUT2D eigenvalue weighted by Gasteiger charge is -2.16. The van der Waals surface area contributed by atoms with Gasteiger partial charge in [0.05, 0.1) is 5.92 Å². The Morgan fingerprint density at radius 3 is 2.35 bits per heavy atom. The predicted molar refractivity (Wildman–Crippen MR) is 94.0 cm³/mol. The molecule has 1 fully saturated rings. The molecular formula is C19H22ClNO2. The van der Waals surface area contributed by atoms with Gasteiger partial charge in [-0.15, -0.1) is 12.4 Å². The summed E-state index contributed by atoms with van der Waals surface area (Å²) in [6.07, 6.45) is 0. The van der Waals surface area contributed by atoms with Crippen LogP contribution in [0.25, 0.3) is 0 Å². The van der Waals surface area contributed by atoms with Crippen molar-refractivity contribution in [3.63, 3.8) is 0 Å². The van der Waals surface area contributed by atoms with Gasteiger partial charge in [0.25, 0.3) is 0 Å². The van der Waals surface area contributed by atoms with Crippen LogP contribution in [0.2, 0.25) is 0 Å². The van der Waals surface area contributed by atoms with E-state index in [1.165, 1.54) is 11.1 Å². The first-order chi connectivity index (χ1) is 10.6. The van der Waals surface area contributed by atoms with Crippen LogP contribution in [0.3, 0.4) is 0 Å². The van der Waals surface area contributed by atoms with E-state index in [1.807, 2.05) is 18.2 Å². The van der Waals surface area contributed by atoms with Crippen molar-refractivity contribution in [3.8, 4) is 0 Å². The maximum absolute atomic E-state index is 11.6. The Balaban J connectivity index is 0.00000192. The van der Waals surface area contributed by atoms with E-state index < -0.39 is 5.97 Å². The number of rotatable bonds is 4. The summed E-state index contributed by atoms with van der Waals surface area (Å²) in [5.74, 6) is -0.950. The molecule has 2 aromatic rings.